The van der Waals surface area contributed by atoms with Crippen molar-refractivity contribution in [2.24, 2.45) is 0 Å². The molecule has 0 aromatic heterocycles. The number of anilines is 2. The lowest BCUT2D eigenvalue weighted by Crippen LogP contribution is -2.45. The minimum absolute atomic E-state index is 0.0566. The van der Waals surface area contributed by atoms with Crippen LogP contribution >= 0.6 is 0 Å². The summed E-state index contributed by atoms with van der Waals surface area (Å²) in [5.74, 6) is 1.67. The van der Waals surface area contributed by atoms with Gasteiger partial charge in [0.05, 0.1) is 51.3 Å². The van der Waals surface area contributed by atoms with E-state index in [2.05, 4.69) is 11.9 Å². The Morgan fingerprint density at radius 3 is 1.90 bits per heavy atom. The minimum atomic E-state index is -0.512. The van der Waals surface area contributed by atoms with Gasteiger partial charge in [-0.1, -0.05) is 32.6 Å². The molecule has 1 heterocycles. The molecule has 0 radical (unpaired) electrons. The molecule has 0 aliphatic carbocycles. The van der Waals surface area contributed by atoms with Gasteiger partial charge in [-0.3, -0.25) is 19.7 Å². The van der Waals surface area contributed by atoms with Crippen LogP contribution in [-0.4, -0.2) is 51.7 Å². The molecule has 1 fully saturated rings. The quantitative estimate of drug-likeness (QED) is 0.168. The Labute approximate surface area is 233 Å². The largest absolute Gasteiger partial charge is 0.495 e. The summed E-state index contributed by atoms with van der Waals surface area (Å²) in [6, 6.07) is 15.9. The molecule has 1 aliphatic rings. The molecule has 2 amide bonds. The van der Waals surface area contributed by atoms with E-state index in [9.17, 15) is 19.7 Å². The number of nitrogens with one attached hydrogen (secondary N) is 1. The number of hydrogen-bond donors (Lipinski definition) is 1. The van der Waals surface area contributed by atoms with Gasteiger partial charge < -0.3 is 29.2 Å². The second kappa shape index (κ2) is 14.8. The molecule has 1 saturated heterocycles. The molecule has 0 saturated carbocycles. The van der Waals surface area contributed by atoms with Gasteiger partial charge in [0.15, 0.2) is 11.5 Å². The number of amides is 2. The normalized spacial score (nSPS) is 11.5. The van der Waals surface area contributed by atoms with Crippen molar-refractivity contribution in [1.29, 1.82) is 0 Å². The first-order valence-corrected chi connectivity index (χ1v) is 12.2. The Morgan fingerprint density at radius 2 is 1.45 bits per heavy atom. The van der Waals surface area contributed by atoms with Crippen molar-refractivity contribution in [3.63, 3.8) is 0 Å². The molecular formula is C29H33N3O8. The predicted octanol–water partition coefficient (Wildman–Crippen LogP) is 5.50. The number of ether oxygens (including phenoxy) is 4. The molecule has 0 bridgehead atoms. The van der Waals surface area contributed by atoms with Crippen molar-refractivity contribution in [3.8, 4) is 23.0 Å². The molecule has 3 aromatic carbocycles. The van der Waals surface area contributed by atoms with Crippen LogP contribution in [-0.2, 0) is 4.79 Å². The summed E-state index contributed by atoms with van der Waals surface area (Å²) >= 11 is 0. The number of nitro benzene ring substituents is 1. The van der Waals surface area contributed by atoms with E-state index in [1.165, 1.54) is 52.7 Å². The molecule has 0 atom stereocenters. The highest BCUT2D eigenvalue weighted by atomic mass is 16.6. The zero-order chi connectivity index (χ0) is 29.8. The fourth-order valence-electron chi connectivity index (χ4n) is 3.54. The number of rotatable bonds is 8. The van der Waals surface area contributed by atoms with E-state index in [-0.39, 0.29) is 17.5 Å². The molecule has 0 spiro atoms. The van der Waals surface area contributed by atoms with Crippen molar-refractivity contribution < 1.29 is 33.5 Å². The van der Waals surface area contributed by atoms with Crippen LogP contribution in [0.3, 0.4) is 0 Å². The zero-order valence-electron chi connectivity index (χ0n) is 23.3. The maximum absolute atomic E-state index is 12.0. The van der Waals surface area contributed by atoms with Gasteiger partial charge in [-0.05, 0) is 24.3 Å². The van der Waals surface area contributed by atoms with Crippen LogP contribution < -0.4 is 29.2 Å². The maximum Gasteiger partial charge on any atom is 0.269 e. The summed E-state index contributed by atoms with van der Waals surface area (Å²) in [5, 5.41) is 13.2. The summed E-state index contributed by atoms with van der Waals surface area (Å²) in [7, 11) is 6.13. The fourth-order valence-corrected chi connectivity index (χ4v) is 3.54. The molecule has 1 N–H and O–H groups in total. The van der Waals surface area contributed by atoms with Gasteiger partial charge in [-0.25, -0.2) is 0 Å². The molecule has 3 aromatic rings. The topological polar surface area (TPSA) is 129 Å². The standard InChI is InChI=1S/C14H12N2O4.C13H15NO4.C2H6/c1-20-13-5-3-2-4-12(13)15-14(17)10-6-8-11(9-7-10)16(18)19;1-8-7-14(13(8)15)9-5-10(16-2)12(18-4)11(6-9)17-3;1-2/h2-9H,1H3,(H,15,17);5-6H,1,7H2,2-4H3;1-2H3. The van der Waals surface area contributed by atoms with Crippen LogP contribution in [0.5, 0.6) is 23.0 Å². The van der Waals surface area contributed by atoms with E-state index < -0.39 is 4.92 Å². The van der Waals surface area contributed by atoms with Crippen LogP contribution in [0.15, 0.2) is 72.8 Å². The Morgan fingerprint density at radius 1 is 0.900 bits per heavy atom. The Kier molecular flexibility index (Phi) is 11.5. The van der Waals surface area contributed by atoms with Crippen molar-refractivity contribution in [3.05, 3.63) is 88.5 Å². The van der Waals surface area contributed by atoms with Gasteiger partial charge >= 0.3 is 0 Å². The van der Waals surface area contributed by atoms with Crippen LogP contribution in [0.25, 0.3) is 0 Å². The van der Waals surface area contributed by atoms with E-state index in [4.69, 9.17) is 18.9 Å². The molecule has 4 rings (SSSR count). The van der Waals surface area contributed by atoms with Gasteiger partial charge in [0.25, 0.3) is 17.5 Å². The van der Waals surface area contributed by atoms with Gasteiger partial charge in [-0.15, -0.1) is 0 Å². The highest BCUT2D eigenvalue weighted by Gasteiger charge is 2.31. The Hall–Kier alpha value is -5.06. The molecular weight excluding hydrogens is 518 g/mol. The summed E-state index contributed by atoms with van der Waals surface area (Å²) in [5.41, 5.74) is 2.13. The van der Waals surface area contributed by atoms with Crippen LogP contribution in [0.1, 0.15) is 24.2 Å². The van der Waals surface area contributed by atoms with E-state index >= 15 is 0 Å². The lowest BCUT2D eigenvalue weighted by molar-refractivity contribution is -0.384. The zero-order valence-corrected chi connectivity index (χ0v) is 23.3. The number of hydrogen-bond acceptors (Lipinski definition) is 8. The number of nitrogens with zero attached hydrogens (tertiary/aromatic N) is 2. The molecule has 11 heteroatoms. The lowest BCUT2D eigenvalue weighted by atomic mass is 10.1. The number of methoxy groups -OCH3 is 4. The summed E-state index contributed by atoms with van der Waals surface area (Å²) in [6.45, 7) is 8.18. The minimum Gasteiger partial charge on any atom is -0.495 e. The second-order valence-corrected chi connectivity index (χ2v) is 7.84. The molecule has 40 heavy (non-hydrogen) atoms. The lowest BCUT2D eigenvalue weighted by Gasteiger charge is -2.33. The highest BCUT2D eigenvalue weighted by molar-refractivity contribution is 6.13. The van der Waals surface area contributed by atoms with Gasteiger partial charge in [0.1, 0.15) is 5.75 Å². The van der Waals surface area contributed by atoms with Gasteiger partial charge in [0.2, 0.25) is 5.75 Å². The average molecular weight is 552 g/mol. The number of benzene rings is 3. The Bertz CT molecular complexity index is 1330. The highest BCUT2D eigenvalue weighted by Crippen LogP contribution is 2.42. The number of carbonyl (C=O) groups is 2. The number of non-ortho nitro benzene ring substituents is 1. The molecule has 11 nitrogen and oxygen atoms in total. The third-order valence-electron chi connectivity index (χ3n) is 5.55. The molecule has 1 aliphatic heterocycles. The summed E-state index contributed by atoms with van der Waals surface area (Å²) in [6.07, 6.45) is 0. The van der Waals surface area contributed by atoms with Crippen LogP contribution in [0.4, 0.5) is 17.1 Å². The van der Waals surface area contributed by atoms with E-state index in [1.807, 2.05) is 13.8 Å². The number of carbonyl (C=O) groups excluding carboxylic acids is 2. The first kappa shape index (κ1) is 31.2. The number of nitro groups is 1. The van der Waals surface area contributed by atoms with E-state index in [0.29, 0.717) is 52.1 Å². The summed E-state index contributed by atoms with van der Waals surface area (Å²) in [4.78, 5) is 35.3. The maximum atomic E-state index is 12.0. The van der Waals surface area contributed by atoms with Crippen LogP contribution in [0.2, 0.25) is 0 Å². The van der Waals surface area contributed by atoms with Gasteiger partial charge in [-0.2, -0.15) is 0 Å². The SMILES string of the molecule is C=C1CN(c2cc(OC)c(OC)c(OC)c2)C1=O.CC.COc1ccccc1NC(=O)c1ccc([N+](=O)[O-])cc1. The van der Waals surface area contributed by atoms with Crippen molar-refractivity contribution in [1.82, 2.24) is 0 Å². The molecule has 0 unspecified atom stereocenters. The number of β-lactam (4-membered cyclic amide) rings is 1. The van der Waals surface area contributed by atoms with Crippen molar-refractivity contribution in [2.75, 3.05) is 45.2 Å². The predicted molar refractivity (Wildman–Crippen MR) is 153 cm³/mol. The molecule has 212 valence electrons. The first-order chi connectivity index (χ1) is 19.2. The van der Waals surface area contributed by atoms with Gasteiger partial charge in [0, 0.05) is 35.4 Å². The van der Waals surface area contributed by atoms with E-state index in [1.54, 1.807) is 41.3 Å². The first-order valence-electron chi connectivity index (χ1n) is 12.2. The Balaban J connectivity index is 0.000000265. The fraction of sp³-hybridized carbons (Fsp3) is 0.241. The smallest absolute Gasteiger partial charge is 0.269 e. The third kappa shape index (κ3) is 7.28. The summed E-state index contributed by atoms with van der Waals surface area (Å²) < 4.78 is 20.8. The average Bonchev–Trinajstić information content (AvgIpc) is 3.00. The third-order valence-corrected chi connectivity index (χ3v) is 5.55. The monoisotopic (exact) mass is 551 g/mol. The van der Waals surface area contributed by atoms with E-state index in [0.717, 1.165) is 0 Å². The second-order valence-electron chi connectivity index (χ2n) is 7.84. The number of para-hydroxylation sites is 2. The van der Waals surface area contributed by atoms with Crippen molar-refractivity contribution >= 4 is 28.9 Å². The van der Waals surface area contributed by atoms with Crippen molar-refractivity contribution in [2.45, 2.75) is 13.8 Å². The van der Waals surface area contributed by atoms with Crippen LogP contribution in [0, 0.1) is 10.1 Å².